The van der Waals surface area contributed by atoms with E-state index in [1.165, 1.54) is 0 Å². The van der Waals surface area contributed by atoms with Gasteiger partial charge in [0.15, 0.2) is 0 Å². The topological polar surface area (TPSA) is 81.3 Å². The maximum Gasteiger partial charge on any atom is 0.271 e. The van der Waals surface area contributed by atoms with E-state index in [0.29, 0.717) is 49.1 Å². The van der Waals surface area contributed by atoms with Crippen LogP contribution in [0.2, 0.25) is 5.02 Å². The van der Waals surface area contributed by atoms with Crippen molar-refractivity contribution in [3.63, 3.8) is 0 Å². The Morgan fingerprint density at radius 1 is 1.03 bits per heavy atom. The highest BCUT2D eigenvalue weighted by Gasteiger charge is 2.25. The molecule has 0 radical (unpaired) electrons. The first kappa shape index (κ1) is 22.0. The van der Waals surface area contributed by atoms with E-state index in [-0.39, 0.29) is 11.8 Å². The minimum Gasteiger partial charge on any atom is -0.335 e. The number of aryl methyl sites for hydroxylation is 2. The van der Waals surface area contributed by atoms with Crippen LogP contribution in [0.5, 0.6) is 0 Å². The van der Waals surface area contributed by atoms with E-state index in [1.54, 1.807) is 17.0 Å². The molecule has 1 fully saturated rings. The summed E-state index contributed by atoms with van der Waals surface area (Å²) in [5, 5.41) is 10.7. The Labute approximate surface area is 192 Å². The van der Waals surface area contributed by atoms with Crippen LogP contribution in [0.25, 0.3) is 11.3 Å². The molecule has 1 aliphatic heterocycles. The first-order valence-corrected chi connectivity index (χ1v) is 11.0. The van der Waals surface area contributed by atoms with Crippen LogP contribution in [0.4, 0.5) is 5.69 Å². The molecule has 1 aliphatic rings. The summed E-state index contributed by atoms with van der Waals surface area (Å²) in [5.74, 6) is -0.132. The number of benzene rings is 2. The van der Waals surface area contributed by atoms with Crippen molar-refractivity contribution in [2.75, 3.05) is 38.0 Å². The van der Waals surface area contributed by atoms with Crippen LogP contribution < -0.4 is 5.32 Å². The van der Waals surface area contributed by atoms with Crippen molar-refractivity contribution in [1.29, 1.82) is 0 Å². The SMILES string of the molecule is Cc1cccc(C)c1NC(=O)CN1CCN(C(=O)c2cc(-c3cccc(Cl)c3)n[nH]2)CC1. The van der Waals surface area contributed by atoms with Crippen molar-refractivity contribution in [3.8, 4) is 11.3 Å². The van der Waals surface area contributed by atoms with Crippen molar-refractivity contribution in [2.45, 2.75) is 13.8 Å². The maximum atomic E-state index is 12.9. The van der Waals surface area contributed by atoms with Gasteiger partial charge in [0.2, 0.25) is 5.91 Å². The molecule has 1 aromatic heterocycles. The fraction of sp³-hybridized carbons (Fsp3) is 0.292. The number of piperazine rings is 1. The fourth-order valence-corrected chi connectivity index (χ4v) is 4.09. The summed E-state index contributed by atoms with van der Waals surface area (Å²) in [6, 6.07) is 15.1. The lowest BCUT2D eigenvalue weighted by atomic mass is 10.1. The quantitative estimate of drug-likeness (QED) is 0.619. The second kappa shape index (κ2) is 9.54. The number of amides is 2. The summed E-state index contributed by atoms with van der Waals surface area (Å²) in [4.78, 5) is 29.3. The number of nitrogens with zero attached hydrogens (tertiary/aromatic N) is 3. The molecule has 0 saturated carbocycles. The van der Waals surface area contributed by atoms with Gasteiger partial charge in [0.1, 0.15) is 5.69 Å². The fourth-order valence-electron chi connectivity index (χ4n) is 3.90. The summed E-state index contributed by atoms with van der Waals surface area (Å²) < 4.78 is 0. The monoisotopic (exact) mass is 451 g/mol. The lowest BCUT2D eigenvalue weighted by Gasteiger charge is -2.34. The van der Waals surface area contributed by atoms with Crippen molar-refractivity contribution in [2.24, 2.45) is 0 Å². The molecule has 2 heterocycles. The minimum absolute atomic E-state index is 0.0399. The molecule has 2 aromatic carbocycles. The number of nitrogens with one attached hydrogen (secondary N) is 2. The Bertz CT molecular complexity index is 1110. The molecular weight excluding hydrogens is 426 g/mol. The molecule has 8 heteroatoms. The van der Waals surface area contributed by atoms with E-state index >= 15 is 0 Å². The van der Waals surface area contributed by atoms with Gasteiger partial charge in [-0.25, -0.2) is 0 Å². The molecule has 166 valence electrons. The third kappa shape index (κ3) is 5.00. The summed E-state index contributed by atoms with van der Waals surface area (Å²) >= 11 is 6.05. The predicted molar refractivity (Wildman–Crippen MR) is 126 cm³/mol. The van der Waals surface area contributed by atoms with Gasteiger partial charge >= 0.3 is 0 Å². The lowest BCUT2D eigenvalue weighted by Crippen LogP contribution is -2.50. The summed E-state index contributed by atoms with van der Waals surface area (Å²) in [6.07, 6.45) is 0. The number of para-hydroxylation sites is 1. The van der Waals surface area contributed by atoms with E-state index in [1.807, 2.05) is 50.2 Å². The van der Waals surface area contributed by atoms with E-state index in [9.17, 15) is 9.59 Å². The highest BCUT2D eigenvalue weighted by atomic mass is 35.5. The van der Waals surface area contributed by atoms with Gasteiger partial charge in [-0.2, -0.15) is 5.10 Å². The van der Waals surface area contributed by atoms with Gasteiger partial charge in [-0.05, 0) is 43.2 Å². The van der Waals surface area contributed by atoms with Crippen LogP contribution in [-0.4, -0.2) is 64.5 Å². The van der Waals surface area contributed by atoms with Crippen LogP contribution >= 0.6 is 11.6 Å². The number of aromatic nitrogens is 2. The molecule has 3 aromatic rings. The second-order valence-electron chi connectivity index (χ2n) is 8.06. The van der Waals surface area contributed by atoms with Crippen molar-refractivity contribution in [3.05, 3.63) is 70.4 Å². The minimum atomic E-state index is -0.0922. The molecule has 0 aliphatic carbocycles. The molecule has 4 rings (SSSR count). The molecule has 2 N–H and O–H groups in total. The third-order valence-corrected chi connectivity index (χ3v) is 5.94. The number of aromatic amines is 1. The van der Waals surface area contributed by atoms with Crippen LogP contribution in [-0.2, 0) is 4.79 Å². The zero-order chi connectivity index (χ0) is 22.7. The molecule has 0 bridgehead atoms. The maximum absolute atomic E-state index is 12.9. The number of halogens is 1. The Morgan fingerprint density at radius 3 is 2.41 bits per heavy atom. The van der Waals surface area contributed by atoms with Crippen LogP contribution in [0.3, 0.4) is 0 Å². The number of carbonyl (C=O) groups excluding carboxylic acids is 2. The Kier molecular flexibility index (Phi) is 6.58. The average molecular weight is 452 g/mol. The largest absolute Gasteiger partial charge is 0.335 e. The Hall–Kier alpha value is -3.16. The first-order valence-electron chi connectivity index (χ1n) is 10.6. The molecule has 2 amide bonds. The zero-order valence-electron chi connectivity index (χ0n) is 18.2. The molecule has 32 heavy (non-hydrogen) atoms. The normalized spacial score (nSPS) is 14.4. The van der Waals surface area contributed by atoms with Gasteiger partial charge in [0.05, 0.1) is 12.2 Å². The number of anilines is 1. The van der Waals surface area contributed by atoms with Gasteiger partial charge in [-0.1, -0.05) is 41.9 Å². The molecule has 1 saturated heterocycles. The second-order valence-corrected chi connectivity index (χ2v) is 8.50. The van der Waals surface area contributed by atoms with Gasteiger partial charge < -0.3 is 10.2 Å². The number of H-pyrrole nitrogens is 1. The summed E-state index contributed by atoms with van der Waals surface area (Å²) in [6.45, 7) is 6.67. The number of carbonyl (C=O) groups is 2. The standard InChI is InChI=1S/C24H26ClN5O2/c1-16-5-3-6-17(2)23(16)26-22(31)15-29-9-11-30(12-10-29)24(32)21-14-20(27-28-21)18-7-4-8-19(25)13-18/h3-8,13-14H,9-12,15H2,1-2H3,(H,26,31)(H,27,28). The van der Waals surface area contributed by atoms with Crippen molar-refractivity contribution in [1.82, 2.24) is 20.0 Å². The lowest BCUT2D eigenvalue weighted by molar-refractivity contribution is -0.117. The Morgan fingerprint density at radius 2 is 1.72 bits per heavy atom. The average Bonchev–Trinajstić information content (AvgIpc) is 3.27. The highest BCUT2D eigenvalue weighted by molar-refractivity contribution is 6.30. The van der Waals surface area contributed by atoms with Gasteiger partial charge in [-0.3, -0.25) is 19.6 Å². The molecule has 0 spiro atoms. The number of hydrogen-bond donors (Lipinski definition) is 2. The predicted octanol–water partition coefficient (Wildman–Crippen LogP) is 3.74. The van der Waals surface area contributed by atoms with Crippen LogP contribution in [0, 0.1) is 13.8 Å². The summed E-state index contributed by atoms with van der Waals surface area (Å²) in [7, 11) is 0. The van der Waals surface area contributed by atoms with E-state index in [0.717, 1.165) is 22.4 Å². The van der Waals surface area contributed by atoms with Crippen molar-refractivity contribution < 1.29 is 9.59 Å². The highest BCUT2D eigenvalue weighted by Crippen LogP contribution is 2.22. The van der Waals surface area contributed by atoms with Crippen LogP contribution in [0.1, 0.15) is 21.6 Å². The van der Waals surface area contributed by atoms with E-state index in [4.69, 9.17) is 11.6 Å². The van der Waals surface area contributed by atoms with Gasteiger partial charge in [-0.15, -0.1) is 0 Å². The van der Waals surface area contributed by atoms with Gasteiger partial charge in [0.25, 0.3) is 5.91 Å². The van der Waals surface area contributed by atoms with E-state index < -0.39 is 0 Å². The summed E-state index contributed by atoms with van der Waals surface area (Å²) in [5.41, 5.74) is 4.95. The van der Waals surface area contributed by atoms with Gasteiger partial charge in [0, 0.05) is 42.5 Å². The number of hydrogen-bond acceptors (Lipinski definition) is 4. The van der Waals surface area contributed by atoms with E-state index in [2.05, 4.69) is 20.4 Å². The molecule has 0 atom stereocenters. The molecular formula is C24H26ClN5O2. The van der Waals surface area contributed by atoms with Crippen LogP contribution in [0.15, 0.2) is 48.5 Å². The molecule has 0 unspecified atom stereocenters. The van der Waals surface area contributed by atoms with Crippen molar-refractivity contribution >= 4 is 29.1 Å². The Balaban J connectivity index is 1.31. The smallest absolute Gasteiger partial charge is 0.271 e. The molecule has 7 nitrogen and oxygen atoms in total. The first-order chi connectivity index (χ1) is 15.4. The zero-order valence-corrected chi connectivity index (χ0v) is 18.9. The number of rotatable bonds is 5. The third-order valence-electron chi connectivity index (χ3n) is 5.70.